The van der Waals surface area contributed by atoms with Gasteiger partial charge in [-0.3, -0.25) is 9.78 Å². The van der Waals surface area contributed by atoms with E-state index in [1.165, 1.54) is 0 Å². The third-order valence-electron chi connectivity index (χ3n) is 3.85. The number of benzene rings is 1. The molecule has 0 spiro atoms. The number of aryl methyl sites for hydroxylation is 1. The van der Waals surface area contributed by atoms with E-state index in [2.05, 4.69) is 16.1 Å². The molecule has 0 atom stereocenters. The van der Waals surface area contributed by atoms with Crippen LogP contribution in [0.1, 0.15) is 17.7 Å². The number of carbonyl (C=O) groups excluding carboxylic acids is 1. The topological polar surface area (TPSA) is 51.0 Å². The normalized spacial score (nSPS) is 10.5. The van der Waals surface area contributed by atoms with E-state index >= 15 is 0 Å². The Morgan fingerprint density at radius 1 is 1.12 bits per heavy atom. The predicted molar refractivity (Wildman–Crippen MR) is 92.6 cm³/mol. The molecule has 0 bridgehead atoms. The van der Waals surface area contributed by atoms with Crippen molar-refractivity contribution < 1.29 is 4.79 Å². The molecule has 5 nitrogen and oxygen atoms in total. The Labute approximate surface area is 141 Å². The molecule has 5 heteroatoms. The largest absolute Gasteiger partial charge is 0.341 e. The molecule has 1 aromatic carbocycles. The molecule has 24 heavy (non-hydrogen) atoms. The van der Waals surface area contributed by atoms with E-state index in [9.17, 15) is 4.79 Å². The Morgan fingerprint density at radius 3 is 2.79 bits per heavy atom. The molecule has 0 saturated heterocycles. The molecule has 0 aliphatic rings. The third kappa shape index (κ3) is 4.07. The second-order valence-corrected chi connectivity index (χ2v) is 5.69. The van der Waals surface area contributed by atoms with Crippen molar-refractivity contribution in [2.45, 2.75) is 19.4 Å². The zero-order chi connectivity index (χ0) is 16.8. The van der Waals surface area contributed by atoms with Gasteiger partial charge in [-0.2, -0.15) is 5.10 Å². The molecule has 0 saturated carbocycles. The lowest BCUT2D eigenvalue weighted by atomic mass is 10.1. The van der Waals surface area contributed by atoms with E-state index in [4.69, 9.17) is 0 Å². The summed E-state index contributed by atoms with van der Waals surface area (Å²) < 4.78 is 1.81. The summed E-state index contributed by atoms with van der Waals surface area (Å²) in [4.78, 5) is 18.3. The van der Waals surface area contributed by atoms with E-state index in [0.29, 0.717) is 19.4 Å². The van der Waals surface area contributed by atoms with Gasteiger partial charge in [-0.1, -0.05) is 18.2 Å². The quantitative estimate of drug-likeness (QED) is 0.702. The lowest BCUT2D eigenvalue weighted by molar-refractivity contribution is -0.130. The van der Waals surface area contributed by atoms with Crippen LogP contribution in [0.5, 0.6) is 0 Å². The fraction of sp³-hybridized carbons (Fsp3) is 0.211. The van der Waals surface area contributed by atoms with E-state index < -0.39 is 0 Å². The van der Waals surface area contributed by atoms with Gasteiger partial charge in [0.05, 0.1) is 5.69 Å². The molecule has 0 unspecified atom stereocenters. The summed E-state index contributed by atoms with van der Waals surface area (Å²) in [7, 11) is 1.83. The molecule has 122 valence electrons. The molecular weight excluding hydrogens is 300 g/mol. The van der Waals surface area contributed by atoms with Crippen molar-refractivity contribution in [2.75, 3.05) is 7.05 Å². The maximum Gasteiger partial charge on any atom is 0.223 e. The number of hydrogen-bond donors (Lipinski definition) is 0. The van der Waals surface area contributed by atoms with E-state index in [0.717, 1.165) is 16.9 Å². The number of rotatable bonds is 6. The van der Waals surface area contributed by atoms with Crippen LogP contribution in [-0.4, -0.2) is 32.6 Å². The highest BCUT2D eigenvalue weighted by molar-refractivity contribution is 5.76. The van der Waals surface area contributed by atoms with Crippen LogP contribution in [0.3, 0.4) is 0 Å². The number of pyridine rings is 1. The third-order valence-corrected chi connectivity index (χ3v) is 3.85. The fourth-order valence-electron chi connectivity index (χ4n) is 2.55. The first-order chi connectivity index (χ1) is 11.7. The Hall–Kier alpha value is -2.95. The minimum Gasteiger partial charge on any atom is -0.341 e. The van der Waals surface area contributed by atoms with Gasteiger partial charge < -0.3 is 4.90 Å². The molecule has 0 fully saturated rings. The number of carbonyl (C=O) groups is 1. The van der Waals surface area contributed by atoms with Gasteiger partial charge in [0.2, 0.25) is 5.91 Å². The van der Waals surface area contributed by atoms with Crippen LogP contribution in [-0.2, 0) is 17.8 Å². The summed E-state index contributed by atoms with van der Waals surface area (Å²) in [5.74, 6) is 0.116. The molecule has 3 aromatic rings. The van der Waals surface area contributed by atoms with Gasteiger partial charge >= 0.3 is 0 Å². The molecule has 0 radical (unpaired) electrons. The molecule has 3 rings (SSSR count). The van der Waals surface area contributed by atoms with Crippen molar-refractivity contribution in [3.8, 4) is 5.69 Å². The number of nitrogens with zero attached hydrogens (tertiary/aromatic N) is 4. The highest BCUT2D eigenvalue weighted by Crippen LogP contribution is 2.12. The molecule has 2 aromatic heterocycles. The average molecular weight is 320 g/mol. The van der Waals surface area contributed by atoms with Crippen LogP contribution in [0.2, 0.25) is 0 Å². The fourth-order valence-corrected chi connectivity index (χ4v) is 2.55. The molecule has 0 aliphatic heterocycles. The minimum absolute atomic E-state index is 0.116. The second-order valence-electron chi connectivity index (χ2n) is 5.69. The molecular formula is C19H20N4O. The van der Waals surface area contributed by atoms with Crippen molar-refractivity contribution in [2.24, 2.45) is 0 Å². The summed E-state index contributed by atoms with van der Waals surface area (Å²) in [6.45, 7) is 0.580. The molecule has 1 amide bonds. The first kappa shape index (κ1) is 15.9. The van der Waals surface area contributed by atoms with Crippen molar-refractivity contribution in [1.29, 1.82) is 0 Å². The summed E-state index contributed by atoms with van der Waals surface area (Å²) in [6.07, 6.45) is 6.54. The van der Waals surface area contributed by atoms with E-state index in [-0.39, 0.29) is 5.91 Å². The number of hydrogen-bond acceptors (Lipinski definition) is 3. The van der Waals surface area contributed by atoms with Crippen LogP contribution >= 0.6 is 0 Å². The van der Waals surface area contributed by atoms with Gasteiger partial charge in [0.15, 0.2) is 0 Å². The predicted octanol–water partition coefficient (Wildman–Crippen LogP) is 2.86. The molecule has 0 N–H and O–H groups in total. The van der Waals surface area contributed by atoms with Crippen LogP contribution in [0.25, 0.3) is 5.69 Å². The van der Waals surface area contributed by atoms with Crippen molar-refractivity contribution in [3.63, 3.8) is 0 Å². The summed E-state index contributed by atoms with van der Waals surface area (Å²) >= 11 is 0. The van der Waals surface area contributed by atoms with Gasteiger partial charge in [-0.05, 0) is 42.3 Å². The lowest BCUT2D eigenvalue weighted by Gasteiger charge is -2.17. The zero-order valence-corrected chi connectivity index (χ0v) is 13.7. The summed E-state index contributed by atoms with van der Waals surface area (Å²) in [5.41, 5.74) is 3.02. The first-order valence-electron chi connectivity index (χ1n) is 7.95. The Balaban J connectivity index is 1.59. The Bertz CT molecular complexity index is 784. The molecule has 0 aliphatic carbocycles. The smallest absolute Gasteiger partial charge is 0.223 e. The number of amides is 1. The highest BCUT2D eigenvalue weighted by atomic mass is 16.2. The van der Waals surface area contributed by atoms with Crippen LogP contribution in [0.15, 0.2) is 67.1 Å². The first-order valence-corrected chi connectivity index (χ1v) is 7.95. The van der Waals surface area contributed by atoms with Crippen LogP contribution in [0, 0.1) is 0 Å². The standard InChI is InChI=1S/C19H20N4O/c1-22(19(24)10-9-17-7-2-3-11-20-17)15-16-6-4-8-18(14-16)23-13-5-12-21-23/h2-8,11-14H,9-10,15H2,1H3. The van der Waals surface area contributed by atoms with Crippen LogP contribution < -0.4 is 0 Å². The van der Waals surface area contributed by atoms with E-state index in [1.54, 1.807) is 17.3 Å². The molecule has 2 heterocycles. The van der Waals surface area contributed by atoms with Crippen molar-refractivity contribution in [3.05, 3.63) is 78.4 Å². The Kier molecular flexibility index (Phi) is 5.01. The van der Waals surface area contributed by atoms with Gasteiger partial charge in [-0.15, -0.1) is 0 Å². The summed E-state index contributed by atoms with van der Waals surface area (Å²) in [6, 6.07) is 15.7. The second kappa shape index (κ2) is 7.55. The van der Waals surface area contributed by atoms with Crippen molar-refractivity contribution in [1.82, 2.24) is 19.7 Å². The summed E-state index contributed by atoms with van der Waals surface area (Å²) in [5, 5.41) is 4.23. The van der Waals surface area contributed by atoms with Gasteiger partial charge in [0, 0.05) is 44.3 Å². The van der Waals surface area contributed by atoms with E-state index in [1.807, 2.05) is 60.4 Å². The van der Waals surface area contributed by atoms with Crippen LogP contribution in [0.4, 0.5) is 0 Å². The highest BCUT2D eigenvalue weighted by Gasteiger charge is 2.10. The van der Waals surface area contributed by atoms with Gasteiger partial charge in [0.1, 0.15) is 0 Å². The SMILES string of the molecule is CN(Cc1cccc(-n2cccn2)c1)C(=O)CCc1ccccn1. The monoisotopic (exact) mass is 320 g/mol. The maximum absolute atomic E-state index is 12.3. The zero-order valence-electron chi connectivity index (χ0n) is 13.7. The maximum atomic E-state index is 12.3. The average Bonchev–Trinajstić information content (AvgIpc) is 3.15. The van der Waals surface area contributed by atoms with Gasteiger partial charge in [-0.25, -0.2) is 4.68 Å². The Morgan fingerprint density at radius 2 is 2.04 bits per heavy atom. The minimum atomic E-state index is 0.116. The van der Waals surface area contributed by atoms with Gasteiger partial charge in [0.25, 0.3) is 0 Å². The number of aromatic nitrogens is 3. The lowest BCUT2D eigenvalue weighted by Crippen LogP contribution is -2.26. The van der Waals surface area contributed by atoms with Crippen molar-refractivity contribution >= 4 is 5.91 Å².